The number of carbonyl (C=O) groups excluding carboxylic acids is 2. The smallest absolute Gasteiger partial charge is 0.264 e. The van der Waals surface area contributed by atoms with Crippen molar-refractivity contribution >= 4 is 33.2 Å². The number of amides is 2. The lowest BCUT2D eigenvalue weighted by molar-refractivity contribution is -0.136. The molecule has 1 atom stereocenters. The second-order valence-corrected chi connectivity index (χ2v) is 10.3. The number of nitrogens with zero attached hydrogens (tertiary/aromatic N) is 3. The fourth-order valence-corrected chi connectivity index (χ4v) is 6.16. The predicted molar refractivity (Wildman–Crippen MR) is 110 cm³/mol. The Bertz CT molecular complexity index is 1080. The summed E-state index contributed by atoms with van der Waals surface area (Å²) in [5.74, 6) is -2.25. The van der Waals surface area contributed by atoms with Crippen molar-refractivity contribution in [1.82, 2.24) is 14.1 Å². The Morgan fingerprint density at radius 3 is 2.45 bits per heavy atom. The number of sulfonamides is 1. The Kier molecular flexibility index (Phi) is 6.09. The van der Waals surface area contributed by atoms with Gasteiger partial charge in [0.1, 0.15) is 22.6 Å². The van der Waals surface area contributed by atoms with Crippen LogP contribution in [0.5, 0.6) is 0 Å². The van der Waals surface area contributed by atoms with E-state index in [2.05, 4.69) is 0 Å². The van der Waals surface area contributed by atoms with Gasteiger partial charge in [-0.2, -0.15) is 4.31 Å². The molecule has 1 aromatic heterocycles. The monoisotopic (exact) mass is 469 g/mol. The maximum atomic E-state index is 14.0. The molecule has 0 bridgehead atoms. The SMILES string of the molecule is O=C([C@@H]1CCCN1C(=O)c1cccs1)N1CCN(S(=O)(=O)c2cc(F)ccc2F)CC1. The van der Waals surface area contributed by atoms with E-state index in [0.29, 0.717) is 23.9 Å². The quantitative estimate of drug-likeness (QED) is 0.688. The summed E-state index contributed by atoms with van der Waals surface area (Å²) in [4.78, 5) is 28.8. The highest BCUT2D eigenvalue weighted by Gasteiger charge is 2.39. The zero-order chi connectivity index (χ0) is 22.2. The van der Waals surface area contributed by atoms with Gasteiger partial charge in [-0.1, -0.05) is 6.07 Å². The molecule has 0 spiro atoms. The Morgan fingerprint density at radius 2 is 1.77 bits per heavy atom. The average molecular weight is 470 g/mol. The van der Waals surface area contributed by atoms with Crippen molar-refractivity contribution in [3.63, 3.8) is 0 Å². The predicted octanol–water partition coefficient (Wildman–Crippen LogP) is 2.16. The molecule has 2 aliphatic rings. The Morgan fingerprint density at radius 1 is 1.03 bits per heavy atom. The van der Waals surface area contributed by atoms with Crippen LogP contribution in [0.25, 0.3) is 0 Å². The lowest BCUT2D eigenvalue weighted by Gasteiger charge is -2.36. The second-order valence-electron chi connectivity index (χ2n) is 7.44. The molecule has 2 saturated heterocycles. The Labute approximate surface area is 182 Å². The summed E-state index contributed by atoms with van der Waals surface area (Å²) in [7, 11) is -4.22. The van der Waals surface area contributed by atoms with Crippen LogP contribution < -0.4 is 0 Å². The molecule has 166 valence electrons. The van der Waals surface area contributed by atoms with E-state index in [-0.39, 0.29) is 38.0 Å². The first-order chi connectivity index (χ1) is 14.8. The fourth-order valence-electron chi connectivity index (χ4n) is 3.98. The molecule has 2 fully saturated rings. The van der Waals surface area contributed by atoms with E-state index in [1.54, 1.807) is 27.3 Å². The normalized spacial score (nSPS) is 20.3. The highest BCUT2D eigenvalue weighted by molar-refractivity contribution is 7.89. The maximum absolute atomic E-state index is 14.0. The van der Waals surface area contributed by atoms with E-state index < -0.39 is 32.6 Å². The van der Waals surface area contributed by atoms with Gasteiger partial charge in [-0.25, -0.2) is 17.2 Å². The van der Waals surface area contributed by atoms with Crippen LogP contribution in [0, 0.1) is 11.6 Å². The van der Waals surface area contributed by atoms with Gasteiger partial charge in [0.05, 0.1) is 4.88 Å². The molecule has 0 unspecified atom stereocenters. The van der Waals surface area contributed by atoms with E-state index in [9.17, 15) is 26.8 Å². The van der Waals surface area contributed by atoms with Crippen molar-refractivity contribution in [1.29, 1.82) is 0 Å². The zero-order valence-electron chi connectivity index (χ0n) is 16.5. The van der Waals surface area contributed by atoms with Gasteiger partial charge < -0.3 is 9.80 Å². The van der Waals surface area contributed by atoms with Crippen LogP contribution in [-0.4, -0.2) is 73.1 Å². The van der Waals surface area contributed by atoms with E-state index in [1.165, 1.54) is 11.3 Å². The summed E-state index contributed by atoms with van der Waals surface area (Å²) in [6.45, 7) is 0.671. The number of hydrogen-bond donors (Lipinski definition) is 0. The number of halogens is 2. The molecule has 2 aromatic rings. The molecule has 31 heavy (non-hydrogen) atoms. The van der Waals surface area contributed by atoms with Crippen molar-refractivity contribution in [3.05, 3.63) is 52.2 Å². The number of hydrogen-bond acceptors (Lipinski definition) is 5. The topological polar surface area (TPSA) is 78.0 Å². The van der Waals surface area contributed by atoms with Gasteiger partial charge in [0.25, 0.3) is 5.91 Å². The Balaban J connectivity index is 1.43. The summed E-state index contributed by atoms with van der Waals surface area (Å²) in [6.07, 6.45) is 1.28. The van der Waals surface area contributed by atoms with Crippen molar-refractivity contribution < 1.29 is 26.8 Å². The van der Waals surface area contributed by atoms with Crippen LogP contribution in [0.2, 0.25) is 0 Å². The third-order valence-electron chi connectivity index (χ3n) is 5.59. The molecule has 4 rings (SSSR count). The number of thiophene rings is 1. The van der Waals surface area contributed by atoms with E-state index >= 15 is 0 Å². The fraction of sp³-hybridized carbons (Fsp3) is 0.400. The molecule has 0 N–H and O–H groups in total. The molecular formula is C20H21F2N3O4S2. The molecule has 7 nitrogen and oxygen atoms in total. The maximum Gasteiger partial charge on any atom is 0.264 e. The number of benzene rings is 1. The molecule has 0 radical (unpaired) electrons. The molecule has 2 aliphatic heterocycles. The average Bonchev–Trinajstić information content (AvgIpc) is 3.47. The summed E-state index contributed by atoms with van der Waals surface area (Å²) < 4.78 is 54.0. The highest BCUT2D eigenvalue weighted by Crippen LogP contribution is 2.26. The summed E-state index contributed by atoms with van der Waals surface area (Å²) in [5.41, 5.74) is 0. The van der Waals surface area contributed by atoms with Crippen molar-refractivity contribution in [2.24, 2.45) is 0 Å². The Hall–Kier alpha value is -2.37. The van der Waals surface area contributed by atoms with Crippen molar-refractivity contribution in [2.45, 2.75) is 23.8 Å². The van der Waals surface area contributed by atoms with Crippen LogP contribution in [-0.2, 0) is 14.8 Å². The lowest BCUT2D eigenvalue weighted by Crippen LogP contribution is -2.55. The summed E-state index contributed by atoms with van der Waals surface area (Å²) in [5, 5.41) is 1.81. The van der Waals surface area contributed by atoms with Crippen LogP contribution >= 0.6 is 11.3 Å². The number of carbonyl (C=O) groups is 2. The first-order valence-corrected chi connectivity index (χ1v) is 12.2. The molecule has 11 heteroatoms. The van der Waals surface area contributed by atoms with E-state index in [1.807, 2.05) is 0 Å². The van der Waals surface area contributed by atoms with Crippen LogP contribution in [0.15, 0.2) is 40.6 Å². The van der Waals surface area contributed by atoms with Gasteiger partial charge >= 0.3 is 0 Å². The zero-order valence-corrected chi connectivity index (χ0v) is 18.2. The van der Waals surface area contributed by atoms with Gasteiger partial charge in [-0.3, -0.25) is 9.59 Å². The van der Waals surface area contributed by atoms with Crippen molar-refractivity contribution in [3.8, 4) is 0 Å². The third-order valence-corrected chi connectivity index (χ3v) is 8.36. The molecule has 0 saturated carbocycles. The minimum atomic E-state index is -4.22. The van der Waals surface area contributed by atoms with Crippen LogP contribution in [0.4, 0.5) is 8.78 Å². The lowest BCUT2D eigenvalue weighted by atomic mass is 10.1. The molecule has 2 amide bonds. The van der Waals surface area contributed by atoms with Crippen LogP contribution in [0.1, 0.15) is 22.5 Å². The third kappa shape index (κ3) is 4.21. The van der Waals surface area contributed by atoms with Gasteiger partial charge in [0.15, 0.2) is 0 Å². The summed E-state index contributed by atoms with van der Waals surface area (Å²) in [6, 6.07) is 5.23. The van der Waals surface area contributed by atoms with Gasteiger partial charge in [0.2, 0.25) is 15.9 Å². The molecule has 1 aromatic carbocycles. The minimum Gasteiger partial charge on any atom is -0.338 e. The first-order valence-electron chi connectivity index (χ1n) is 9.87. The summed E-state index contributed by atoms with van der Waals surface area (Å²) >= 11 is 1.32. The number of piperazine rings is 1. The molecular weight excluding hydrogens is 448 g/mol. The van der Waals surface area contributed by atoms with Crippen molar-refractivity contribution in [2.75, 3.05) is 32.7 Å². The van der Waals surface area contributed by atoms with Gasteiger partial charge in [-0.05, 0) is 42.5 Å². The van der Waals surface area contributed by atoms with Gasteiger partial charge in [0, 0.05) is 32.7 Å². The van der Waals surface area contributed by atoms with E-state index in [0.717, 1.165) is 22.9 Å². The first kappa shape index (κ1) is 21.8. The molecule has 3 heterocycles. The van der Waals surface area contributed by atoms with Gasteiger partial charge in [-0.15, -0.1) is 11.3 Å². The molecule has 0 aliphatic carbocycles. The van der Waals surface area contributed by atoms with Crippen LogP contribution in [0.3, 0.4) is 0 Å². The standard InChI is InChI=1S/C20H21F2N3O4S2/c21-14-5-6-15(22)18(13-14)31(28,29)24-10-8-23(9-11-24)19(26)16-3-1-7-25(16)20(27)17-4-2-12-30-17/h2,4-6,12-13,16H,1,3,7-11H2/t16-/m0/s1. The highest BCUT2D eigenvalue weighted by atomic mass is 32.2. The number of rotatable bonds is 4. The minimum absolute atomic E-state index is 0.0321. The number of likely N-dealkylation sites (tertiary alicyclic amines) is 1. The largest absolute Gasteiger partial charge is 0.338 e. The van der Waals surface area contributed by atoms with E-state index in [4.69, 9.17) is 0 Å². The second kappa shape index (κ2) is 8.64.